The third-order valence-corrected chi connectivity index (χ3v) is 3.76. The van der Waals surface area contributed by atoms with Gasteiger partial charge in [0.1, 0.15) is 0 Å². The van der Waals surface area contributed by atoms with Gasteiger partial charge in [0.15, 0.2) is 0 Å². The summed E-state index contributed by atoms with van der Waals surface area (Å²) in [5.41, 5.74) is 5.78. The van der Waals surface area contributed by atoms with Crippen LogP contribution in [0.3, 0.4) is 0 Å². The molecule has 0 atom stereocenters. The van der Waals surface area contributed by atoms with E-state index < -0.39 is 0 Å². The van der Waals surface area contributed by atoms with E-state index in [0.29, 0.717) is 5.56 Å². The zero-order valence-electron chi connectivity index (χ0n) is 13.4. The quantitative estimate of drug-likeness (QED) is 0.729. The number of pyridine rings is 1. The van der Waals surface area contributed by atoms with Gasteiger partial charge in [-0.3, -0.25) is 4.98 Å². The van der Waals surface area contributed by atoms with Gasteiger partial charge in [0, 0.05) is 23.0 Å². The molecule has 0 unspecified atom stereocenters. The minimum atomic E-state index is -0.336. The molecule has 1 heterocycles. The van der Waals surface area contributed by atoms with Crippen LogP contribution in [-0.2, 0) is 4.74 Å². The molecule has 0 radical (unpaired) electrons. The van der Waals surface area contributed by atoms with Crippen LogP contribution in [-0.4, -0.2) is 18.1 Å². The van der Waals surface area contributed by atoms with Gasteiger partial charge >= 0.3 is 5.97 Å². The van der Waals surface area contributed by atoms with Gasteiger partial charge in [0.2, 0.25) is 0 Å². The fourth-order valence-electron chi connectivity index (χ4n) is 2.68. The highest BCUT2D eigenvalue weighted by molar-refractivity contribution is 5.95. The van der Waals surface area contributed by atoms with E-state index in [2.05, 4.69) is 36.3 Å². The molecule has 4 heteroatoms. The fourth-order valence-corrected chi connectivity index (χ4v) is 2.68. The summed E-state index contributed by atoms with van der Waals surface area (Å²) in [6.07, 6.45) is 1.80. The highest BCUT2D eigenvalue weighted by Crippen LogP contribution is 2.28. The highest BCUT2D eigenvalue weighted by Gasteiger charge is 2.07. The monoisotopic (exact) mass is 306 g/mol. The largest absolute Gasteiger partial charge is 0.465 e. The molecule has 0 saturated carbocycles. The van der Waals surface area contributed by atoms with Gasteiger partial charge in [-0.05, 0) is 55.8 Å². The van der Waals surface area contributed by atoms with Gasteiger partial charge in [-0.25, -0.2) is 4.79 Å². The lowest BCUT2D eigenvalue weighted by Crippen LogP contribution is -2.01. The van der Waals surface area contributed by atoms with Crippen molar-refractivity contribution in [3.8, 4) is 0 Å². The van der Waals surface area contributed by atoms with E-state index in [-0.39, 0.29) is 5.97 Å². The molecule has 116 valence electrons. The smallest absolute Gasteiger partial charge is 0.337 e. The van der Waals surface area contributed by atoms with Crippen LogP contribution in [0.2, 0.25) is 0 Å². The number of anilines is 2. The number of rotatable bonds is 3. The molecule has 0 aliphatic heterocycles. The maximum atomic E-state index is 11.5. The van der Waals surface area contributed by atoms with Crippen molar-refractivity contribution in [2.45, 2.75) is 13.8 Å². The van der Waals surface area contributed by atoms with E-state index in [1.54, 1.807) is 18.3 Å². The maximum absolute atomic E-state index is 11.5. The van der Waals surface area contributed by atoms with E-state index >= 15 is 0 Å². The summed E-state index contributed by atoms with van der Waals surface area (Å²) in [6, 6.07) is 13.4. The summed E-state index contributed by atoms with van der Waals surface area (Å²) in [5.74, 6) is -0.336. The molecule has 0 bridgehead atoms. The van der Waals surface area contributed by atoms with Gasteiger partial charge < -0.3 is 10.1 Å². The van der Waals surface area contributed by atoms with Crippen LogP contribution in [0.15, 0.2) is 48.7 Å². The molecular weight excluding hydrogens is 288 g/mol. The lowest BCUT2D eigenvalue weighted by atomic mass is 10.1. The number of ether oxygens (including phenoxy) is 1. The Kier molecular flexibility index (Phi) is 3.98. The Labute approximate surface area is 135 Å². The first kappa shape index (κ1) is 15.0. The van der Waals surface area contributed by atoms with Crippen molar-refractivity contribution in [3.63, 3.8) is 0 Å². The van der Waals surface area contributed by atoms with Crippen LogP contribution < -0.4 is 5.32 Å². The normalized spacial score (nSPS) is 10.6. The zero-order valence-corrected chi connectivity index (χ0v) is 13.4. The number of carbonyl (C=O) groups excluding carboxylic acids is 1. The van der Waals surface area contributed by atoms with Crippen LogP contribution >= 0.6 is 0 Å². The number of fused-ring (bicyclic) bond motifs is 1. The van der Waals surface area contributed by atoms with E-state index in [4.69, 9.17) is 4.74 Å². The maximum Gasteiger partial charge on any atom is 0.337 e. The van der Waals surface area contributed by atoms with E-state index in [9.17, 15) is 4.79 Å². The summed E-state index contributed by atoms with van der Waals surface area (Å²) in [4.78, 5) is 16.0. The van der Waals surface area contributed by atoms with Crippen LogP contribution in [0.1, 0.15) is 21.5 Å². The van der Waals surface area contributed by atoms with Crippen LogP contribution in [0.25, 0.3) is 10.9 Å². The van der Waals surface area contributed by atoms with Gasteiger partial charge in [-0.15, -0.1) is 0 Å². The molecule has 4 nitrogen and oxygen atoms in total. The van der Waals surface area contributed by atoms with Crippen molar-refractivity contribution in [2.24, 2.45) is 0 Å². The SMILES string of the molecule is COC(=O)c1ccc(Nc2ccnc3c(C)cc(C)cc23)cc1. The molecule has 0 amide bonds. The van der Waals surface area contributed by atoms with Crippen LogP contribution in [0.4, 0.5) is 11.4 Å². The molecule has 0 spiro atoms. The Morgan fingerprint density at radius 2 is 1.83 bits per heavy atom. The Bertz CT molecular complexity index is 870. The standard InChI is InChI=1S/C19H18N2O2/c1-12-10-13(2)18-16(11-12)17(8-9-20-18)21-15-6-4-14(5-7-15)19(22)23-3/h4-11H,1-3H3,(H,20,21). The van der Waals surface area contributed by atoms with Crippen molar-refractivity contribution in [1.82, 2.24) is 4.98 Å². The highest BCUT2D eigenvalue weighted by atomic mass is 16.5. The van der Waals surface area contributed by atoms with Crippen LogP contribution in [0, 0.1) is 13.8 Å². The third kappa shape index (κ3) is 3.01. The molecule has 23 heavy (non-hydrogen) atoms. The molecule has 3 rings (SSSR count). The summed E-state index contributed by atoms with van der Waals surface area (Å²) in [7, 11) is 1.38. The second-order valence-electron chi connectivity index (χ2n) is 5.53. The van der Waals surface area contributed by atoms with Crippen molar-refractivity contribution < 1.29 is 9.53 Å². The number of benzene rings is 2. The number of aromatic nitrogens is 1. The Morgan fingerprint density at radius 3 is 2.52 bits per heavy atom. The molecular formula is C19H18N2O2. The summed E-state index contributed by atoms with van der Waals surface area (Å²) < 4.78 is 4.71. The molecule has 3 aromatic rings. The predicted molar refractivity (Wildman–Crippen MR) is 92.3 cm³/mol. The van der Waals surface area contributed by atoms with Crippen molar-refractivity contribution in [1.29, 1.82) is 0 Å². The fraction of sp³-hybridized carbons (Fsp3) is 0.158. The number of methoxy groups -OCH3 is 1. The number of nitrogens with one attached hydrogen (secondary N) is 1. The topological polar surface area (TPSA) is 51.2 Å². The predicted octanol–water partition coefficient (Wildman–Crippen LogP) is 4.38. The summed E-state index contributed by atoms with van der Waals surface area (Å²) in [5, 5.41) is 4.48. The molecule has 0 aliphatic rings. The molecule has 1 aromatic heterocycles. The molecule has 1 N–H and O–H groups in total. The number of carbonyl (C=O) groups is 1. The van der Waals surface area contributed by atoms with E-state index in [0.717, 1.165) is 27.8 Å². The molecule has 0 saturated heterocycles. The average molecular weight is 306 g/mol. The summed E-state index contributed by atoms with van der Waals surface area (Å²) in [6.45, 7) is 4.14. The van der Waals surface area contributed by atoms with Crippen molar-refractivity contribution in [2.75, 3.05) is 12.4 Å². The van der Waals surface area contributed by atoms with Crippen molar-refractivity contribution in [3.05, 3.63) is 65.4 Å². The molecule has 0 fully saturated rings. The first-order valence-corrected chi connectivity index (χ1v) is 7.40. The van der Waals surface area contributed by atoms with E-state index in [1.807, 2.05) is 18.2 Å². The number of esters is 1. The van der Waals surface area contributed by atoms with Gasteiger partial charge in [0.05, 0.1) is 18.2 Å². The van der Waals surface area contributed by atoms with Crippen LogP contribution in [0.5, 0.6) is 0 Å². The van der Waals surface area contributed by atoms with Gasteiger partial charge in [-0.2, -0.15) is 0 Å². The third-order valence-electron chi connectivity index (χ3n) is 3.76. The minimum absolute atomic E-state index is 0.336. The number of aryl methyl sites for hydroxylation is 2. The first-order valence-electron chi connectivity index (χ1n) is 7.40. The number of nitrogens with zero attached hydrogens (tertiary/aromatic N) is 1. The average Bonchev–Trinajstić information content (AvgIpc) is 2.55. The first-order chi connectivity index (χ1) is 11.1. The summed E-state index contributed by atoms with van der Waals surface area (Å²) >= 11 is 0. The Morgan fingerprint density at radius 1 is 1.09 bits per heavy atom. The second-order valence-corrected chi connectivity index (χ2v) is 5.53. The Balaban J connectivity index is 1.97. The Hall–Kier alpha value is -2.88. The van der Waals surface area contributed by atoms with Gasteiger partial charge in [0.25, 0.3) is 0 Å². The van der Waals surface area contributed by atoms with Gasteiger partial charge in [-0.1, -0.05) is 11.6 Å². The minimum Gasteiger partial charge on any atom is -0.465 e. The van der Waals surface area contributed by atoms with E-state index in [1.165, 1.54) is 12.7 Å². The molecule has 2 aromatic carbocycles. The second kappa shape index (κ2) is 6.08. The number of hydrogen-bond acceptors (Lipinski definition) is 4. The lowest BCUT2D eigenvalue weighted by Gasteiger charge is -2.12. The van der Waals surface area contributed by atoms with Crippen molar-refractivity contribution >= 4 is 28.2 Å². The number of hydrogen-bond donors (Lipinski definition) is 1. The lowest BCUT2D eigenvalue weighted by molar-refractivity contribution is 0.0601. The molecule has 0 aliphatic carbocycles. The zero-order chi connectivity index (χ0) is 16.4.